The molecule has 0 radical (unpaired) electrons. The maximum Gasteiger partial charge on any atom is 0.407 e. The fourth-order valence-corrected chi connectivity index (χ4v) is 4.00. The van der Waals surface area contributed by atoms with E-state index in [2.05, 4.69) is 20.8 Å². The van der Waals surface area contributed by atoms with Crippen LogP contribution in [0.3, 0.4) is 0 Å². The number of rotatable bonds is 13. The molecule has 1 atom stereocenters. The number of methoxy groups -OCH3 is 1. The number of ketones is 1. The molecule has 1 amide bonds. The van der Waals surface area contributed by atoms with Crippen molar-refractivity contribution in [1.82, 2.24) is 24.9 Å². The molecule has 37 heavy (non-hydrogen) atoms. The highest BCUT2D eigenvalue weighted by molar-refractivity contribution is 7.59. The summed E-state index contributed by atoms with van der Waals surface area (Å²) in [6.07, 6.45) is 2.35. The van der Waals surface area contributed by atoms with Crippen LogP contribution in [0.2, 0.25) is 0 Å². The van der Waals surface area contributed by atoms with Gasteiger partial charge in [-0.15, -0.1) is 10.2 Å². The Morgan fingerprint density at radius 1 is 1.08 bits per heavy atom. The van der Waals surface area contributed by atoms with Crippen molar-refractivity contribution >= 4 is 47.9 Å². The molecule has 11 heteroatoms. The van der Waals surface area contributed by atoms with E-state index in [0.29, 0.717) is 31.0 Å². The minimum absolute atomic E-state index is 0. The van der Waals surface area contributed by atoms with Gasteiger partial charge in [0.15, 0.2) is 11.6 Å². The molecule has 0 bridgehead atoms. The number of amides is 1. The van der Waals surface area contributed by atoms with E-state index < -0.39 is 12.1 Å². The smallest absolute Gasteiger partial charge is 0.407 e. The molecule has 1 aromatic carbocycles. The van der Waals surface area contributed by atoms with Gasteiger partial charge in [0, 0.05) is 19.0 Å². The van der Waals surface area contributed by atoms with Crippen molar-refractivity contribution in [1.29, 1.82) is 0 Å². The van der Waals surface area contributed by atoms with E-state index in [1.165, 1.54) is 0 Å². The van der Waals surface area contributed by atoms with E-state index in [1.807, 2.05) is 57.2 Å². The van der Waals surface area contributed by atoms with Crippen LogP contribution in [-0.4, -0.2) is 57.8 Å². The van der Waals surface area contributed by atoms with Crippen molar-refractivity contribution in [2.75, 3.05) is 25.6 Å². The van der Waals surface area contributed by atoms with Crippen molar-refractivity contribution in [2.24, 2.45) is 11.8 Å². The second-order valence-electron chi connectivity index (χ2n) is 9.78. The second-order valence-corrected chi connectivity index (χ2v) is 9.78. The monoisotopic (exact) mass is 532 g/mol. The molecule has 2 aromatic heterocycles. The van der Waals surface area contributed by atoms with Crippen LogP contribution in [-0.2, 0) is 9.53 Å². The predicted octanol–water partition coefficient (Wildman–Crippen LogP) is 4.66. The maximum absolute atomic E-state index is 12.7. The molecule has 10 nitrogen and oxygen atoms in total. The SMILES string of the molecule is COc1ccc2c(c1)nc(NCCCCCC(=O)[C@@H](NC(=O)OCC(C)C)C(C)C)c1nnc(C)n12.S. The number of hydrogen-bond acceptors (Lipinski definition) is 8. The minimum atomic E-state index is -0.536. The lowest BCUT2D eigenvalue weighted by atomic mass is 9.96. The van der Waals surface area contributed by atoms with Gasteiger partial charge in [-0.3, -0.25) is 9.20 Å². The topological polar surface area (TPSA) is 120 Å². The summed E-state index contributed by atoms with van der Waals surface area (Å²) in [5.41, 5.74) is 2.38. The summed E-state index contributed by atoms with van der Waals surface area (Å²) in [6, 6.07) is 5.20. The van der Waals surface area contributed by atoms with E-state index in [0.717, 1.165) is 41.9 Å². The molecule has 204 valence electrons. The van der Waals surface area contributed by atoms with E-state index in [-0.39, 0.29) is 31.1 Å². The Balaban J connectivity index is 0.00000481. The highest BCUT2D eigenvalue weighted by atomic mass is 32.1. The standard InChI is InChI=1S/C26H38N6O4.H2S/c1-16(2)15-36-26(34)29-23(17(3)4)22(33)10-8-7-9-13-27-24-25-31-30-18(5)32(25)21-12-11-19(35-6)14-20(21)28-24;/h11-12,14,16-17,23H,7-10,13,15H2,1-6H3,(H,27,28)(H,29,34);1H2/t23-;/m0./s1. The molecule has 3 rings (SSSR count). The molecule has 2 N–H and O–H groups in total. The lowest BCUT2D eigenvalue weighted by Gasteiger charge is -2.21. The number of unbranched alkanes of at least 4 members (excludes halogenated alkanes) is 2. The quantitative estimate of drug-likeness (QED) is 0.305. The molecule has 3 aromatic rings. The van der Waals surface area contributed by atoms with Gasteiger partial charge in [-0.05, 0) is 43.7 Å². The predicted molar refractivity (Wildman–Crippen MR) is 150 cm³/mol. The summed E-state index contributed by atoms with van der Waals surface area (Å²) < 4.78 is 12.5. The number of alkyl carbamates (subject to hydrolysis) is 1. The molecule has 0 saturated carbocycles. The fourth-order valence-electron chi connectivity index (χ4n) is 4.00. The van der Waals surface area contributed by atoms with Gasteiger partial charge in [0.2, 0.25) is 5.65 Å². The van der Waals surface area contributed by atoms with Crippen LogP contribution in [0.1, 0.15) is 59.2 Å². The van der Waals surface area contributed by atoms with Crippen LogP contribution in [0, 0.1) is 18.8 Å². The number of benzene rings is 1. The van der Waals surface area contributed by atoms with Gasteiger partial charge < -0.3 is 20.1 Å². The third-order valence-corrected chi connectivity index (χ3v) is 5.92. The van der Waals surface area contributed by atoms with Crippen molar-refractivity contribution in [3.05, 3.63) is 24.0 Å². The first kappa shape index (κ1) is 30.1. The zero-order valence-corrected chi connectivity index (χ0v) is 23.6. The lowest BCUT2D eigenvalue weighted by molar-refractivity contribution is -0.122. The molecule has 0 fully saturated rings. The van der Waals surface area contributed by atoms with Gasteiger partial charge in [0.1, 0.15) is 11.6 Å². The van der Waals surface area contributed by atoms with Crippen molar-refractivity contribution in [2.45, 2.75) is 66.3 Å². The minimum Gasteiger partial charge on any atom is -0.497 e. The summed E-state index contributed by atoms with van der Waals surface area (Å²) in [5.74, 6) is 2.46. The normalized spacial score (nSPS) is 12.0. The number of carbonyl (C=O) groups is 2. The van der Waals surface area contributed by atoms with E-state index >= 15 is 0 Å². The van der Waals surface area contributed by atoms with Crippen LogP contribution in [0.4, 0.5) is 10.6 Å². The summed E-state index contributed by atoms with van der Waals surface area (Å²) in [6.45, 7) is 10.7. The van der Waals surface area contributed by atoms with E-state index in [1.54, 1.807) is 7.11 Å². The Hall–Kier alpha value is -3.08. The Kier molecular flexibility index (Phi) is 11.4. The molecule has 0 spiro atoms. The Morgan fingerprint density at radius 3 is 2.51 bits per heavy atom. The lowest BCUT2D eigenvalue weighted by Crippen LogP contribution is -2.44. The molecule has 0 saturated heterocycles. The number of aromatic nitrogens is 4. The van der Waals surface area contributed by atoms with Crippen LogP contribution in [0.25, 0.3) is 16.7 Å². The number of nitrogens with zero attached hydrogens (tertiary/aromatic N) is 4. The third kappa shape index (κ3) is 7.95. The largest absolute Gasteiger partial charge is 0.497 e. The highest BCUT2D eigenvalue weighted by Gasteiger charge is 2.24. The number of nitrogens with one attached hydrogen (secondary N) is 2. The van der Waals surface area contributed by atoms with Gasteiger partial charge in [0.25, 0.3) is 0 Å². The van der Waals surface area contributed by atoms with Crippen molar-refractivity contribution in [3.63, 3.8) is 0 Å². The number of carbonyl (C=O) groups excluding carboxylic acids is 2. The summed E-state index contributed by atoms with van der Waals surface area (Å²) >= 11 is 0. The molecule has 0 aliphatic rings. The van der Waals surface area contributed by atoms with Crippen molar-refractivity contribution < 1.29 is 19.1 Å². The summed E-state index contributed by atoms with van der Waals surface area (Å²) in [7, 11) is 1.63. The first-order chi connectivity index (χ1) is 17.2. The average molecular weight is 533 g/mol. The Bertz CT molecular complexity index is 1200. The number of aryl methyl sites for hydroxylation is 1. The third-order valence-electron chi connectivity index (χ3n) is 5.92. The maximum atomic E-state index is 12.7. The molecule has 0 aliphatic carbocycles. The fraction of sp³-hybridized carbons (Fsp3) is 0.577. The Morgan fingerprint density at radius 2 is 1.84 bits per heavy atom. The molecular formula is C26H40N6O4S. The zero-order chi connectivity index (χ0) is 26.2. The van der Waals surface area contributed by atoms with Gasteiger partial charge in [-0.2, -0.15) is 13.5 Å². The van der Waals surface area contributed by atoms with Gasteiger partial charge in [0.05, 0.1) is 30.8 Å². The number of fused-ring (bicyclic) bond motifs is 3. The number of anilines is 1. The van der Waals surface area contributed by atoms with E-state index in [4.69, 9.17) is 14.5 Å². The highest BCUT2D eigenvalue weighted by Crippen LogP contribution is 2.25. The van der Waals surface area contributed by atoms with Crippen LogP contribution in [0.15, 0.2) is 18.2 Å². The first-order valence-electron chi connectivity index (χ1n) is 12.6. The van der Waals surface area contributed by atoms with Crippen LogP contribution in [0.5, 0.6) is 5.75 Å². The summed E-state index contributed by atoms with van der Waals surface area (Å²) in [5, 5.41) is 14.6. The van der Waals surface area contributed by atoms with Crippen LogP contribution >= 0.6 is 13.5 Å². The van der Waals surface area contributed by atoms with Crippen LogP contribution < -0.4 is 15.4 Å². The van der Waals surface area contributed by atoms with Crippen molar-refractivity contribution in [3.8, 4) is 5.75 Å². The summed E-state index contributed by atoms with van der Waals surface area (Å²) in [4.78, 5) is 29.5. The van der Waals surface area contributed by atoms with Gasteiger partial charge >= 0.3 is 6.09 Å². The van der Waals surface area contributed by atoms with Gasteiger partial charge in [-0.25, -0.2) is 9.78 Å². The molecule has 0 unspecified atom stereocenters. The zero-order valence-electron chi connectivity index (χ0n) is 22.6. The number of Topliss-reactive ketones (excluding diaryl/α,β-unsaturated/α-hetero) is 1. The van der Waals surface area contributed by atoms with E-state index in [9.17, 15) is 9.59 Å². The first-order valence-corrected chi connectivity index (χ1v) is 12.6. The molecular weight excluding hydrogens is 492 g/mol. The number of ether oxygens (including phenoxy) is 2. The Labute approximate surface area is 225 Å². The average Bonchev–Trinajstić information content (AvgIpc) is 3.24. The van der Waals surface area contributed by atoms with Gasteiger partial charge in [-0.1, -0.05) is 34.1 Å². The molecule has 0 aliphatic heterocycles. The molecule has 2 heterocycles. The number of hydrogen-bond donors (Lipinski definition) is 2. The second kappa shape index (κ2) is 14.0.